The molecule has 3 rings (SSSR count). The lowest BCUT2D eigenvalue weighted by atomic mass is 10.2. The Labute approximate surface area is 143 Å². The van der Waals surface area contributed by atoms with Gasteiger partial charge in [-0.05, 0) is 47.7 Å². The summed E-state index contributed by atoms with van der Waals surface area (Å²) in [6.45, 7) is 2.83. The molecule has 0 N–H and O–H groups in total. The predicted molar refractivity (Wildman–Crippen MR) is 92.1 cm³/mol. The molecule has 0 atom stereocenters. The van der Waals surface area contributed by atoms with Gasteiger partial charge < -0.3 is 14.4 Å². The molecule has 23 heavy (non-hydrogen) atoms. The van der Waals surface area contributed by atoms with Crippen LogP contribution < -0.4 is 9.47 Å². The van der Waals surface area contributed by atoms with Crippen molar-refractivity contribution in [2.45, 2.75) is 13.5 Å². The van der Waals surface area contributed by atoms with Crippen molar-refractivity contribution in [2.24, 2.45) is 0 Å². The Balaban J connectivity index is 1.69. The topological polar surface area (TPSA) is 38.8 Å². The third-order valence-electron chi connectivity index (χ3n) is 3.59. The summed E-state index contributed by atoms with van der Waals surface area (Å²) in [5.41, 5.74) is 2.01. The molecule has 0 saturated heterocycles. The molecule has 1 amide bonds. The van der Waals surface area contributed by atoms with Crippen LogP contribution in [0.25, 0.3) is 6.08 Å². The molecule has 0 fully saturated rings. The molecule has 0 bridgehead atoms. The summed E-state index contributed by atoms with van der Waals surface area (Å²) < 4.78 is 10.6. The number of nitrogens with zero attached hydrogens (tertiary/aromatic N) is 1. The molecule has 0 spiro atoms. The van der Waals surface area contributed by atoms with Gasteiger partial charge in [-0.3, -0.25) is 4.79 Å². The van der Waals surface area contributed by atoms with E-state index in [4.69, 9.17) is 21.1 Å². The molecular formula is C17H16ClNO3S. The van der Waals surface area contributed by atoms with Gasteiger partial charge in [0.1, 0.15) is 0 Å². The average molecular weight is 350 g/mol. The molecular weight excluding hydrogens is 334 g/mol. The Morgan fingerprint density at radius 3 is 3.00 bits per heavy atom. The van der Waals surface area contributed by atoms with Crippen LogP contribution in [0.2, 0.25) is 5.02 Å². The van der Waals surface area contributed by atoms with Gasteiger partial charge in [0.25, 0.3) is 0 Å². The minimum absolute atomic E-state index is 0.0633. The van der Waals surface area contributed by atoms with Crippen LogP contribution >= 0.6 is 22.9 Å². The van der Waals surface area contributed by atoms with Crippen LogP contribution in [0.5, 0.6) is 11.5 Å². The van der Waals surface area contributed by atoms with Gasteiger partial charge >= 0.3 is 0 Å². The number of carbonyl (C=O) groups is 1. The van der Waals surface area contributed by atoms with Crippen LogP contribution in [0, 0.1) is 6.92 Å². The number of aryl methyl sites for hydroxylation is 1. The maximum absolute atomic E-state index is 12.2. The molecule has 1 aromatic heterocycles. The summed E-state index contributed by atoms with van der Waals surface area (Å²) in [6.07, 6.45) is 3.27. The van der Waals surface area contributed by atoms with Crippen molar-refractivity contribution in [2.75, 3.05) is 13.8 Å². The van der Waals surface area contributed by atoms with Gasteiger partial charge in [-0.2, -0.15) is 0 Å². The van der Waals surface area contributed by atoms with Crippen LogP contribution in [0.3, 0.4) is 0 Å². The van der Waals surface area contributed by atoms with Crippen LogP contribution in [0.4, 0.5) is 0 Å². The zero-order chi connectivity index (χ0) is 16.4. The van der Waals surface area contributed by atoms with E-state index in [0.29, 0.717) is 23.1 Å². The van der Waals surface area contributed by atoms with Crippen molar-refractivity contribution in [1.29, 1.82) is 0 Å². The van der Waals surface area contributed by atoms with E-state index in [1.807, 2.05) is 5.38 Å². The summed E-state index contributed by atoms with van der Waals surface area (Å²) in [4.78, 5) is 15.1. The van der Waals surface area contributed by atoms with Gasteiger partial charge in [-0.25, -0.2) is 0 Å². The zero-order valence-corrected chi connectivity index (χ0v) is 14.4. The van der Waals surface area contributed by atoms with Crippen molar-refractivity contribution < 1.29 is 14.3 Å². The monoisotopic (exact) mass is 349 g/mol. The highest BCUT2D eigenvalue weighted by molar-refractivity contribution is 7.10. The first-order valence-corrected chi connectivity index (χ1v) is 8.35. The van der Waals surface area contributed by atoms with E-state index in [9.17, 15) is 4.79 Å². The Bertz CT molecular complexity index is 769. The zero-order valence-electron chi connectivity index (χ0n) is 12.8. The number of fused-ring (bicyclic) bond motifs is 1. The quantitative estimate of drug-likeness (QED) is 0.780. The lowest BCUT2D eigenvalue weighted by Gasteiger charge is -2.14. The van der Waals surface area contributed by atoms with E-state index in [2.05, 4.69) is 13.0 Å². The summed E-state index contributed by atoms with van der Waals surface area (Å²) in [5.74, 6) is 1.10. The third-order valence-corrected chi connectivity index (χ3v) is 4.88. The molecule has 2 aromatic rings. The fourth-order valence-electron chi connectivity index (χ4n) is 2.24. The lowest BCUT2D eigenvalue weighted by molar-refractivity contribution is -0.125. The highest BCUT2D eigenvalue weighted by Gasteiger charge is 2.17. The number of rotatable bonds is 4. The molecule has 1 aromatic carbocycles. The number of hydrogen-bond acceptors (Lipinski definition) is 4. The maximum atomic E-state index is 12.2. The molecule has 1 aliphatic rings. The van der Waals surface area contributed by atoms with Crippen LogP contribution in [-0.4, -0.2) is 24.6 Å². The summed E-state index contributed by atoms with van der Waals surface area (Å²) >= 11 is 7.79. The number of carbonyl (C=O) groups excluding carboxylic acids is 1. The molecule has 6 heteroatoms. The van der Waals surface area contributed by atoms with Gasteiger partial charge in [0.05, 0.1) is 11.6 Å². The van der Waals surface area contributed by atoms with Gasteiger partial charge in [0.2, 0.25) is 12.7 Å². The number of likely N-dealkylation sites (N-methyl/N-ethyl adjacent to an activating group) is 1. The van der Waals surface area contributed by atoms with E-state index in [0.717, 1.165) is 5.56 Å². The number of hydrogen-bond donors (Lipinski definition) is 0. The minimum atomic E-state index is -0.0633. The normalized spacial score (nSPS) is 12.8. The van der Waals surface area contributed by atoms with Gasteiger partial charge in [-0.15, -0.1) is 11.3 Å². The number of ether oxygens (including phenoxy) is 2. The van der Waals surface area contributed by atoms with E-state index in [-0.39, 0.29) is 12.7 Å². The number of halogens is 1. The van der Waals surface area contributed by atoms with E-state index in [1.165, 1.54) is 16.5 Å². The Morgan fingerprint density at radius 2 is 2.26 bits per heavy atom. The molecule has 0 aliphatic carbocycles. The van der Waals surface area contributed by atoms with Crippen molar-refractivity contribution in [1.82, 2.24) is 4.90 Å². The van der Waals surface area contributed by atoms with Crippen molar-refractivity contribution in [3.8, 4) is 11.5 Å². The first-order chi connectivity index (χ1) is 11.0. The van der Waals surface area contributed by atoms with Crippen LogP contribution in [0.15, 0.2) is 29.7 Å². The molecule has 4 nitrogen and oxygen atoms in total. The third kappa shape index (κ3) is 3.51. The molecule has 2 heterocycles. The average Bonchev–Trinajstić information content (AvgIpc) is 3.14. The van der Waals surface area contributed by atoms with E-state index in [1.54, 1.807) is 41.5 Å². The Kier molecular flexibility index (Phi) is 4.59. The molecule has 0 saturated carbocycles. The summed E-state index contributed by atoms with van der Waals surface area (Å²) in [5, 5.41) is 2.52. The second kappa shape index (κ2) is 6.64. The van der Waals surface area contributed by atoms with Gasteiger partial charge in [-0.1, -0.05) is 11.6 Å². The second-order valence-electron chi connectivity index (χ2n) is 5.29. The molecule has 1 aliphatic heterocycles. The number of thiophene rings is 1. The fourth-order valence-corrected chi connectivity index (χ4v) is 3.47. The smallest absolute Gasteiger partial charge is 0.246 e. The predicted octanol–water partition coefficient (Wildman–Crippen LogP) is 4.11. The second-order valence-corrected chi connectivity index (χ2v) is 6.70. The SMILES string of the molecule is Cc1ccsc1CN(C)C(=O)/C=C/c1cc(Cl)c2c(c1)OCO2. The van der Waals surface area contributed by atoms with Gasteiger partial charge in [0.15, 0.2) is 11.5 Å². The maximum Gasteiger partial charge on any atom is 0.246 e. The largest absolute Gasteiger partial charge is 0.454 e. The van der Waals surface area contributed by atoms with Crippen LogP contribution in [-0.2, 0) is 11.3 Å². The lowest BCUT2D eigenvalue weighted by Crippen LogP contribution is -2.23. The van der Waals surface area contributed by atoms with Crippen LogP contribution in [0.1, 0.15) is 16.0 Å². The standard InChI is InChI=1S/C17H16ClNO3S/c1-11-5-6-23-15(11)9-19(2)16(20)4-3-12-7-13(18)17-14(8-12)21-10-22-17/h3-8H,9-10H2,1-2H3/b4-3+. The molecule has 0 radical (unpaired) electrons. The Morgan fingerprint density at radius 1 is 1.43 bits per heavy atom. The van der Waals surface area contributed by atoms with Crippen molar-refractivity contribution in [3.63, 3.8) is 0 Å². The molecule has 0 unspecified atom stereocenters. The Hall–Kier alpha value is -1.98. The van der Waals surface area contributed by atoms with Gasteiger partial charge in [0, 0.05) is 18.0 Å². The van der Waals surface area contributed by atoms with E-state index >= 15 is 0 Å². The highest BCUT2D eigenvalue weighted by atomic mass is 35.5. The van der Waals surface area contributed by atoms with Crippen molar-refractivity contribution in [3.05, 3.63) is 50.7 Å². The summed E-state index contributed by atoms with van der Waals surface area (Å²) in [7, 11) is 1.79. The number of amides is 1. The fraction of sp³-hybridized carbons (Fsp3) is 0.235. The first-order valence-electron chi connectivity index (χ1n) is 7.10. The highest BCUT2D eigenvalue weighted by Crippen LogP contribution is 2.40. The minimum Gasteiger partial charge on any atom is -0.454 e. The van der Waals surface area contributed by atoms with E-state index < -0.39 is 0 Å². The summed E-state index contributed by atoms with van der Waals surface area (Å²) in [6, 6.07) is 5.62. The first kappa shape index (κ1) is 15.9. The molecule has 120 valence electrons. The number of benzene rings is 1. The van der Waals surface area contributed by atoms with Crippen molar-refractivity contribution >= 4 is 34.9 Å².